The first-order chi connectivity index (χ1) is 18.7. The third kappa shape index (κ3) is 5.86. The highest BCUT2D eigenvalue weighted by atomic mass is 32.2. The number of hydrogen-bond acceptors (Lipinski definition) is 8. The lowest BCUT2D eigenvalue weighted by molar-refractivity contribution is 0.0531. The molecule has 0 aliphatic heterocycles. The number of ether oxygens (including phenoxy) is 1. The summed E-state index contributed by atoms with van der Waals surface area (Å²) in [7, 11) is -3.80. The SMILES string of the molecule is C=CCN(CC=C)S(=O)(=O)c1ccc(C(=O)Nc2sc(C(=O)OCC)c(C)c2-c2nc3ccccc3s2)cc1. The largest absolute Gasteiger partial charge is 0.462 e. The minimum Gasteiger partial charge on any atom is -0.462 e. The summed E-state index contributed by atoms with van der Waals surface area (Å²) < 4.78 is 33.4. The summed E-state index contributed by atoms with van der Waals surface area (Å²) in [4.78, 5) is 31.1. The molecule has 0 unspecified atom stereocenters. The maximum absolute atomic E-state index is 13.3. The Morgan fingerprint density at radius 3 is 2.33 bits per heavy atom. The first-order valence-corrected chi connectivity index (χ1v) is 15.1. The Balaban J connectivity index is 1.68. The van der Waals surface area contributed by atoms with E-state index in [0.717, 1.165) is 21.6 Å². The van der Waals surface area contributed by atoms with Crippen LogP contribution in [0.1, 0.15) is 32.5 Å². The molecule has 4 aromatic rings. The summed E-state index contributed by atoms with van der Waals surface area (Å²) in [5.74, 6) is -0.923. The maximum Gasteiger partial charge on any atom is 0.348 e. The van der Waals surface area contributed by atoms with Gasteiger partial charge in [0.25, 0.3) is 5.91 Å². The van der Waals surface area contributed by atoms with Gasteiger partial charge in [-0.3, -0.25) is 4.79 Å². The van der Waals surface area contributed by atoms with Crippen LogP contribution in [0.15, 0.2) is 78.7 Å². The number of anilines is 1. The van der Waals surface area contributed by atoms with Gasteiger partial charge in [0.15, 0.2) is 0 Å². The molecule has 202 valence electrons. The van der Waals surface area contributed by atoms with Crippen molar-refractivity contribution in [3.05, 3.63) is 89.8 Å². The molecular weight excluding hydrogens is 555 g/mol. The van der Waals surface area contributed by atoms with Gasteiger partial charge in [0.1, 0.15) is 14.9 Å². The monoisotopic (exact) mass is 581 g/mol. The van der Waals surface area contributed by atoms with E-state index < -0.39 is 21.9 Å². The fourth-order valence-corrected chi connectivity index (χ4v) is 7.51. The second-order valence-electron chi connectivity index (χ2n) is 8.35. The molecule has 2 aromatic carbocycles. The van der Waals surface area contributed by atoms with Crippen molar-refractivity contribution in [2.75, 3.05) is 25.0 Å². The van der Waals surface area contributed by atoms with Crippen LogP contribution >= 0.6 is 22.7 Å². The number of aromatic nitrogens is 1. The minimum absolute atomic E-state index is 0.0504. The summed E-state index contributed by atoms with van der Waals surface area (Å²) in [6.07, 6.45) is 3.00. The summed E-state index contributed by atoms with van der Waals surface area (Å²) in [6.45, 7) is 11.2. The van der Waals surface area contributed by atoms with Crippen molar-refractivity contribution in [3.8, 4) is 10.6 Å². The second-order valence-corrected chi connectivity index (χ2v) is 12.3. The minimum atomic E-state index is -3.80. The molecule has 0 spiro atoms. The van der Waals surface area contributed by atoms with Crippen LogP contribution < -0.4 is 5.32 Å². The van der Waals surface area contributed by atoms with Gasteiger partial charge in [0.2, 0.25) is 10.0 Å². The highest BCUT2D eigenvalue weighted by molar-refractivity contribution is 7.89. The number of sulfonamides is 1. The standard InChI is InChI=1S/C28H27N3O5S3/c1-5-16-31(17-6-2)39(34,35)20-14-12-19(13-15-20)25(32)30-27-23(18(4)24(38-27)28(33)36-7-3)26-29-21-10-8-9-11-22(21)37-26/h5-6,8-15H,1-2,7,16-17H2,3-4H3,(H,30,32). The van der Waals surface area contributed by atoms with E-state index in [0.29, 0.717) is 26.0 Å². The molecule has 2 heterocycles. The van der Waals surface area contributed by atoms with Gasteiger partial charge in [0.05, 0.1) is 21.7 Å². The smallest absolute Gasteiger partial charge is 0.348 e. The van der Waals surface area contributed by atoms with E-state index >= 15 is 0 Å². The number of nitrogens with one attached hydrogen (secondary N) is 1. The van der Waals surface area contributed by atoms with Crippen molar-refractivity contribution in [2.45, 2.75) is 18.7 Å². The molecule has 0 aliphatic rings. The molecule has 39 heavy (non-hydrogen) atoms. The number of thiophene rings is 1. The van der Waals surface area contributed by atoms with Gasteiger partial charge in [-0.2, -0.15) is 4.31 Å². The summed E-state index contributed by atoms with van der Waals surface area (Å²) >= 11 is 2.59. The van der Waals surface area contributed by atoms with Crippen molar-refractivity contribution in [1.29, 1.82) is 0 Å². The molecular formula is C28H27N3O5S3. The Morgan fingerprint density at radius 1 is 1.05 bits per heavy atom. The molecule has 11 heteroatoms. The molecule has 0 atom stereocenters. The first-order valence-electron chi connectivity index (χ1n) is 12.0. The van der Waals surface area contributed by atoms with E-state index in [9.17, 15) is 18.0 Å². The number of hydrogen-bond donors (Lipinski definition) is 1. The Morgan fingerprint density at radius 2 is 1.72 bits per heavy atom. The van der Waals surface area contributed by atoms with Crippen molar-refractivity contribution in [1.82, 2.24) is 9.29 Å². The molecule has 0 fully saturated rings. The summed E-state index contributed by atoms with van der Waals surface area (Å²) in [6, 6.07) is 13.4. The van der Waals surface area contributed by atoms with Gasteiger partial charge in [-0.1, -0.05) is 24.3 Å². The predicted molar refractivity (Wildman–Crippen MR) is 157 cm³/mol. The molecule has 0 saturated heterocycles. The van der Waals surface area contributed by atoms with E-state index in [2.05, 4.69) is 18.5 Å². The highest BCUT2D eigenvalue weighted by Gasteiger charge is 2.26. The number of carbonyl (C=O) groups excluding carboxylic acids is 2. The molecule has 1 amide bonds. The summed E-state index contributed by atoms with van der Waals surface area (Å²) in [5, 5.41) is 4.03. The zero-order chi connectivity index (χ0) is 28.2. The fraction of sp³-hybridized carbons (Fsp3) is 0.179. The molecule has 0 aliphatic carbocycles. The quantitative estimate of drug-likeness (QED) is 0.169. The second kappa shape index (κ2) is 12.0. The Kier molecular flexibility index (Phi) is 8.76. The predicted octanol–water partition coefficient (Wildman–Crippen LogP) is 6.12. The van der Waals surface area contributed by atoms with Crippen LogP contribution in [0, 0.1) is 6.92 Å². The normalized spacial score (nSPS) is 11.5. The van der Waals surface area contributed by atoms with Gasteiger partial charge < -0.3 is 10.1 Å². The lowest BCUT2D eigenvalue weighted by Crippen LogP contribution is -2.31. The van der Waals surface area contributed by atoms with Crippen molar-refractivity contribution >= 4 is 59.8 Å². The van der Waals surface area contributed by atoms with Gasteiger partial charge in [-0.25, -0.2) is 18.2 Å². The lowest BCUT2D eigenvalue weighted by atomic mass is 10.1. The van der Waals surface area contributed by atoms with E-state index in [1.807, 2.05) is 24.3 Å². The van der Waals surface area contributed by atoms with Gasteiger partial charge in [-0.15, -0.1) is 35.8 Å². The number of esters is 1. The number of rotatable bonds is 11. The number of thiazole rings is 1. The lowest BCUT2D eigenvalue weighted by Gasteiger charge is -2.19. The van der Waals surface area contributed by atoms with Crippen LogP contribution in [0.25, 0.3) is 20.8 Å². The molecule has 0 bridgehead atoms. The number of benzene rings is 2. The van der Waals surface area contributed by atoms with Crippen molar-refractivity contribution < 1.29 is 22.7 Å². The average molecular weight is 582 g/mol. The number of para-hydroxylation sites is 1. The van der Waals surface area contributed by atoms with E-state index in [4.69, 9.17) is 9.72 Å². The highest BCUT2D eigenvalue weighted by Crippen LogP contribution is 2.43. The van der Waals surface area contributed by atoms with E-state index in [1.165, 1.54) is 52.1 Å². The van der Waals surface area contributed by atoms with Gasteiger partial charge >= 0.3 is 5.97 Å². The number of nitrogens with zero attached hydrogens (tertiary/aromatic N) is 2. The molecule has 0 saturated carbocycles. The Hall–Kier alpha value is -3.64. The van der Waals surface area contributed by atoms with E-state index in [1.54, 1.807) is 13.8 Å². The number of amides is 1. The third-order valence-corrected chi connectivity index (χ3v) is 9.85. The fourth-order valence-electron chi connectivity index (χ4n) is 3.89. The summed E-state index contributed by atoms with van der Waals surface area (Å²) in [5.41, 5.74) is 2.39. The average Bonchev–Trinajstić information content (AvgIpc) is 3.49. The van der Waals surface area contributed by atoms with Crippen LogP contribution in [0.2, 0.25) is 0 Å². The van der Waals surface area contributed by atoms with E-state index in [-0.39, 0.29) is 30.2 Å². The number of fused-ring (bicyclic) bond motifs is 1. The van der Waals surface area contributed by atoms with Crippen LogP contribution in [0.5, 0.6) is 0 Å². The van der Waals surface area contributed by atoms with Crippen LogP contribution in [0.4, 0.5) is 5.00 Å². The Bertz CT molecular complexity index is 1610. The van der Waals surface area contributed by atoms with Crippen LogP contribution in [-0.2, 0) is 14.8 Å². The maximum atomic E-state index is 13.3. The molecule has 8 nitrogen and oxygen atoms in total. The zero-order valence-corrected chi connectivity index (χ0v) is 23.9. The van der Waals surface area contributed by atoms with Crippen LogP contribution in [0.3, 0.4) is 0 Å². The molecule has 4 rings (SSSR count). The van der Waals surface area contributed by atoms with Crippen LogP contribution in [-0.4, -0.2) is 49.3 Å². The molecule has 1 N–H and O–H groups in total. The molecule has 0 radical (unpaired) electrons. The van der Waals surface area contributed by atoms with Gasteiger partial charge in [0, 0.05) is 24.2 Å². The van der Waals surface area contributed by atoms with Crippen molar-refractivity contribution in [2.24, 2.45) is 0 Å². The Labute approximate surface area is 235 Å². The zero-order valence-electron chi connectivity index (χ0n) is 21.5. The van der Waals surface area contributed by atoms with Gasteiger partial charge in [-0.05, 0) is 55.8 Å². The topological polar surface area (TPSA) is 106 Å². The third-order valence-electron chi connectivity index (χ3n) is 5.76. The van der Waals surface area contributed by atoms with Crippen molar-refractivity contribution in [3.63, 3.8) is 0 Å². The first kappa shape index (κ1) is 28.4. The number of carbonyl (C=O) groups is 2. The molecule has 2 aromatic heterocycles.